The van der Waals surface area contributed by atoms with Gasteiger partial charge in [0, 0.05) is 25.6 Å². The number of carbonyl (C=O) groups excluding carboxylic acids is 1. The highest BCUT2D eigenvalue weighted by Crippen LogP contribution is 2.35. The molecule has 0 spiro atoms. The van der Waals surface area contributed by atoms with Crippen molar-refractivity contribution in [3.63, 3.8) is 0 Å². The van der Waals surface area contributed by atoms with Gasteiger partial charge in [0.25, 0.3) is 0 Å². The van der Waals surface area contributed by atoms with Gasteiger partial charge in [0.2, 0.25) is 0 Å². The van der Waals surface area contributed by atoms with E-state index in [4.69, 9.17) is 4.74 Å². The zero-order chi connectivity index (χ0) is 17.8. The summed E-state index contributed by atoms with van der Waals surface area (Å²) in [6.45, 7) is 1.91. The smallest absolute Gasteiger partial charge is 0.341 e. The third kappa shape index (κ3) is 3.54. The maximum absolute atomic E-state index is 14.2. The summed E-state index contributed by atoms with van der Waals surface area (Å²) in [6.07, 6.45) is 0. The van der Waals surface area contributed by atoms with Crippen LogP contribution in [0, 0.1) is 23.1 Å². The molecule has 1 saturated heterocycles. The number of hydrogen-bond acceptors (Lipinski definition) is 4. The van der Waals surface area contributed by atoms with Crippen LogP contribution in [-0.4, -0.2) is 31.1 Å². The molecule has 3 rings (SSSR count). The number of benzene rings is 2. The number of likely N-dealkylation sites (tertiary alicyclic amines) is 1. The number of esters is 1. The summed E-state index contributed by atoms with van der Waals surface area (Å²) < 4.78 is 19.0. The number of rotatable bonds is 4. The molecule has 128 valence electrons. The molecule has 25 heavy (non-hydrogen) atoms. The molecule has 0 N–H and O–H groups in total. The molecule has 0 bridgehead atoms. The second-order valence-electron chi connectivity index (χ2n) is 6.22. The SMILES string of the molecule is COC(=O)c1c(F)cccc1C1CN(Cc2ccccc2)CC1C#N. The van der Waals surface area contributed by atoms with Gasteiger partial charge in [-0.15, -0.1) is 0 Å². The second-order valence-corrected chi connectivity index (χ2v) is 6.22. The number of nitrogens with zero attached hydrogens (tertiary/aromatic N) is 2. The fourth-order valence-electron chi connectivity index (χ4n) is 3.47. The Morgan fingerprint density at radius 2 is 2.00 bits per heavy atom. The number of hydrogen-bond donors (Lipinski definition) is 0. The summed E-state index contributed by atoms with van der Waals surface area (Å²) in [5, 5.41) is 9.55. The molecule has 0 radical (unpaired) electrons. The normalized spacial score (nSPS) is 20.2. The van der Waals surface area contributed by atoms with Crippen LogP contribution in [0.1, 0.15) is 27.4 Å². The minimum absolute atomic E-state index is 0.0585. The van der Waals surface area contributed by atoms with E-state index in [1.165, 1.54) is 13.2 Å². The first kappa shape index (κ1) is 17.1. The summed E-state index contributed by atoms with van der Waals surface area (Å²) >= 11 is 0. The molecule has 2 aromatic carbocycles. The maximum Gasteiger partial charge on any atom is 0.341 e. The first-order valence-electron chi connectivity index (χ1n) is 8.16. The lowest BCUT2D eigenvalue weighted by molar-refractivity contribution is 0.0593. The highest BCUT2D eigenvalue weighted by molar-refractivity contribution is 5.91. The van der Waals surface area contributed by atoms with E-state index >= 15 is 0 Å². The molecule has 1 aliphatic heterocycles. The molecule has 0 aromatic heterocycles. The van der Waals surface area contributed by atoms with Crippen LogP contribution in [0.5, 0.6) is 0 Å². The third-order valence-electron chi connectivity index (χ3n) is 4.65. The number of carbonyl (C=O) groups is 1. The summed E-state index contributed by atoms with van der Waals surface area (Å²) in [5.74, 6) is -1.83. The van der Waals surface area contributed by atoms with Crippen molar-refractivity contribution >= 4 is 5.97 Å². The van der Waals surface area contributed by atoms with Crippen LogP contribution in [0.25, 0.3) is 0 Å². The van der Waals surface area contributed by atoms with Crippen molar-refractivity contribution < 1.29 is 13.9 Å². The van der Waals surface area contributed by atoms with Crippen LogP contribution in [0.15, 0.2) is 48.5 Å². The molecule has 1 heterocycles. The topological polar surface area (TPSA) is 53.3 Å². The Balaban J connectivity index is 1.88. The molecule has 5 heteroatoms. The quantitative estimate of drug-likeness (QED) is 0.802. The lowest BCUT2D eigenvalue weighted by Gasteiger charge is -2.18. The summed E-state index contributed by atoms with van der Waals surface area (Å²) in [7, 11) is 1.23. The average Bonchev–Trinajstić information content (AvgIpc) is 3.04. The van der Waals surface area contributed by atoms with Gasteiger partial charge in [-0.05, 0) is 17.2 Å². The van der Waals surface area contributed by atoms with Gasteiger partial charge in [0.05, 0.1) is 24.7 Å². The largest absolute Gasteiger partial charge is 0.465 e. The molecule has 1 fully saturated rings. The van der Waals surface area contributed by atoms with Gasteiger partial charge < -0.3 is 4.74 Å². The van der Waals surface area contributed by atoms with E-state index in [2.05, 4.69) is 11.0 Å². The van der Waals surface area contributed by atoms with E-state index in [1.807, 2.05) is 30.3 Å². The molecule has 1 aliphatic rings. The number of halogens is 1. The van der Waals surface area contributed by atoms with Gasteiger partial charge >= 0.3 is 5.97 Å². The predicted molar refractivity (Wildman–Crippen MR) is 91.3 cm³/mol. The van der Waals surface area contributed by atoms with E-state index in [0.717, 1.165) is 12.1 Å². The van der Waals surface area contributed by atoms with Crippen LogP contribution in [0.3, 0.4) is 0 Å². The molecule has 2 aromatic rings. The summed E-state index contributed by atoms with van der Waals surface area (Å²) in [6, 6.07) is 16.8. The Kier molecular flexibility index (Phi) is 5.11. The lowest BCUT2D eigenvalue weighted by atomic mass is 9.86. The van der Waals surface area contributed by atoms with E-state index < -0.39 is 11.8 Å². The van der Waals surface area contributed by atoms with E-state index in [0.29, 0.717) is 18.7 Å². The zero-order valence-electron chi connectivity index (χ0n) is 14.0. The van der Waals surface area contributed by atoms with Crippen LogP contribution in [-0.2, 0) is 11.3 Å². The fourth-order valence-corrected chi connectivity index (χ4v) is 3.47. The highest BCUT2D eigenvalue weighted by atomic mass is 19.1. The maximum atomic E-state index is 14.2. The van der Waals surface area contributed by atoms with Crippen LogP contribution in [0.2, 0.25) is 0 Å². The van der Waals surface area contributed by atoms with Gasteiger partial charge in [-0.2, -0.15) is 5.26 Å². The third-order valence-corrected chi connectivity index (χ3v) is 4.65. The Labute approximate surface area is 146 Å². The van der Waals surface area contributed by atoms with E-state index in [-0.39, 0.29) is 17.4 Å². The monoisotopic (exact) mass is 338 g/mol. The van der Waals surface area contributed by atoms with Crippen LogP contribution in [0.4, 0.5) is 4.39 Å². The first-order valence-corrected chi connectivity index (χ1v) is 8.16. The van der Waals surface area contributed by atoms with Crippen molar-refractivity contribution in [1.29, 1.82) is 5.26 Å². The van der Waals surface area contributed by atoms with Crippen molar-refractivity contribution in [1.82, 2.24) is 4.90 Å². The highest BCUT2D eigenvalue weighted by Gasteiger charge is 2.36. The van der Waals surface area contributed by atoms with Gasteiger partial charge in [-0.25, -0.2) is 9.18 Å². The number of nitriles is 1. The summed E-state index contributed by atoms with van der Waals surface area (Å²) in [4.78, 5) is 14.2. The van der Waals surface area contributed by atoms with Crippen molar-refractivity contribution in [3.8, 4) is 6.07 Å². The zero-order valence-corrected chi connectivity index (χ0v) is 14.0. The van der Waals surface area contributed by atoms with Crippen molar-refractivity contribution in [2.24, 2.45) is 5.92 Å². The van der Waals surface area contributed by atoms with Crippen molar-refractivity contribution in [2.45, 2.75) is 12.5 Å². The molecular formula is C20H19FN2O2. The van der Waals surface area contributed by atoms with Crippen LogP contribution >= 0.6 is 0 Å². The fraction of sp³-hybridized carbons (Fsp3) is 0.300. The molecule has 0 aliphatic carbocycles. The van der Waals surface area contributed by atoms with Gasteiger partial charge in [-0.1, -0.05) is 42.5 Å². The molecule has 2 unspecified atom stereocenters. The molecule has 0 saturated carbocycles. The van der Waals surface area contributed by atoms with Gasteiger partial charge in [-0.3, -0.25) is 4.90 Å². The minimum Gasteiger partial charge on any atom is -0.465 e. The average molecular weight is 338 g/mol. The Hall–Kier alpha value is -2.71. The van der Waals surface area contributed by atoms with Gasteiger partial charge in [0.15, 0.2) is 0 Å². The molecule has 0 amide bonds. The van der Waals surface area contributed by atoms with Crippen LogP contribution < -0.4 is 0 Å². The standard InChI is InChI=1S/C20H19FN2O2/c1-25-20(24)19-16(8-5-9-18(19)21)17-13-23(12-15(17)10-22)11-14-6-3-2-4-7-14/h2-9,15,17H,11-13H2,1H3. The first-order chi connectivity index (χ1) is 12.1. The predicted octanol–water partition coefficient (Wildman–Crippen LogP) is 3.35. The molecule has 2 atom stereocenters. The Bertz CT molecular complexity index is 801. The lowest BCUT2D eigenvalue weighted by Crippen LogP contribution is -2.20. The second kappa shape index (κ2) is 7.45. The molecular weight excluding hydrogens is 319 g/mol. The van der Waals surface area contributed by atoms with Crippen molar-refractivity contribution in [3.05, 3.63) is 71.0 Å². The Morgan fingerprint density at radius 3 is 2.68 bits per heavy atom. The van der Waals surface area contributed by atoms with Crippen molar-refractivity contribution in [2.75, 3.05) is 20.2 Å². The van der Waals surface area contributed by atoms with E-state index in [9.17, 15) is 14.4 Å². The number of ether oxygens (including phenoxy) is 1. The number of methoxy groups -OCH3 is 1. The minimum atomic E-state index is -0.703. The van der Waals surface area contributed by atoms with Gasteiger partial charge in [0.1, 0.15) is 5.82 Å². The molecule has 4 nitrogen and oxygen atoms in total. The Morgan fingerprint density at radius 1 is 1.24 bits per heavy atom. The van der Waals surface area contributed by atoms with E-state index in [1.54, 1.807) is 12.1 Å². The summed E-state index contributed by atoms with van der Waals surface area (Å²) in [5.41, 5.74) is 1.65.